The monoisotopic (exact) mass is 443 g/mol. The van der Waals surface area contributed by atoms with E-state index in [-0.39, 0.29) is 16.3 Å². The Morgan fingerprint density at radius 1 is 1.14 bits per heavy atom. The second kappa shape index (κ2) is 7.96. The van der Waals surface area contributed by atoms with Crippen molar-refractivity contribution in [2.24, 2.45) is 0 Å². The van der Waals surface area contributed by atoms with Crippen LogP contribution in [0.1, 0.15) is 24.1 Å². The maximum absolute atomic E-state index is 13.2. The molecule has 29 heavy (non-hydrogen) atoms. The van der Waals surface area contributed by atoms with Crippen molar-refractivity contribution in [1.29, 1.82) is 0 Å². The van der Waals surface area contributed by atoms with Gasteiger partial charge in [-0.2, -0.15) is 13.2 Å². The van der Waals surface area contributed by atoms with E-state index in [2.05, 4.69) is 16.0 Å². The van der Waals surface area contributed by atoms with Crippen molar-refractivity contribution >= 4 is 40.8 Å². The maximum atomic E-state index is 13.2. The molecular weight excluding hydrogens is 430 g/mol. The number of urea groups is 1. The van der Waals surface area contributed by atoms with E-state index in [9.17, 15) is 22.8 Å². The van der Waals surface area contributed by atoms with Gasteiger partial charge in [-0.05, 0) is 36.8 Å². The summed E-state index contributed by atoms with van der Waals surface area (Å²) in [5, 5.41) is 7.85. The number of amides is 3. The maximum Gasteiger partial charge on any atom is 0.418 e. The van der Waals surface area contributed by atoms with Gasteiger partial charge in [0.05, 0.1) is 22.9 Å². The minimum atomic E-state index is -4.65. The zero-order valence-corrected chi connectivity index (χ0v) is 16.3. The van der Waals surface area contributed by atoms with Gasteiger partial charge in [-0.15, -0.1) is 0 Å². The molecule has 5 nitrogen and oxygen atoms in total. The average molecular weight is 444 g/mol. The highest BCUT2D eigenvalue weighted by Gasteiger charge is 2.36. The summed E-state index contributed by atoms with van der Waals surface area (Å²) in [6, 6.07) is 7.56. The van der Waals surface area contributed by atoms with Gasteiger partial charge in [0.15, 0.2) is 0 Å². The van der Waals surface area contributed by atoms with Gasteiger partial charge in [0.2, 0.25) is 0 Å². The fourth-order valence-electron chi connectivity index (χ4n) is 2.99. The smallest absolute Gasteiger partial charge is 0.327 e. The van der Waals surface area contributed by atoms with Gasteiger partial charge < -0.3 is 16.0 Å². The molecule has 2 aromatic carbocycles. The third kappa shape index (κ3) is 4.49. The summed E-state index contributed by atoms with van der Waals surface area (Å²) >= 11 is 12.1. The molecule has 3 amide bonds. The van der Waals surface area contributed by atoms with Crippen molar-refractivity contribution in [1.82, 2.24) is 10.6 Å². The van der Waals surface area contributed by atoms with E-state index >= 15 is 0 Å². The van der Waals surface area contributed by atoms with Gasteiger partial charge in [-0.3, -0.25) is 4.79 Å². The van der Waals surface area contributed by atoms with Crippen LogP contribution in [0.3, 0.4) is 0 Å². The molecule has 2 aromatic rings. The molecule has 3 rings (SSSR count). The molecule has 0 saturated carbocycles. The van der Waals surface area contributed by atoms with Crippen molar-refractivity contribution in [3.05, 3.63) is 74.9 Å². The molecule has 3 N–H and O–H groups in total. The molecular formula is C19H14Cl2F3N3O2. The van der Waals surface area contributed by atoms with E-state index in [1.807, 2.05) is 0 Å². The Balaban J connectivity index is 2.01. The minimum Gasteiger partial charge on any atom is -0.327 e. The molecule has 0 saturated heterocycles. The molecule has 10 heteroatoms. The first kappa shape index (κ1) is 21.0. The first-order valence-corrected chi connectivity index (χ1v) is 9.04. The zero-order valence-electron chi connectivity index (χ0n) is 14.8. The Morgan fingerprint density at radius 2 is 1.83 bits per heavy atom. The van der Waals surface area contributed by atoms with Crippen LogP contribution < -0.4 is 16.0 Å². The van der Waals surface area contributed by atoms with Gasteiger partial charge in [-0.1, -0.05) is 41.4 Å². The summed E-state index contributed by atoms with van der Waals surface area (Å²) in [7, 11) is 0. The number of alkyl halides is 3. The van der Waals surface area contributed by atoms with Crippen LogP contribution >= 0.6 is 23.2 Å². The Morgan fingerprint density at radius 3 is 2.48 bits per heavy atom. The van der Waals surface area contributed by atoms with Gasteiger partial charge in [0, 0.05) is 15.7 Å². The summed E-state index contributed by atoms with van der Waals surface area (Å²) in [6.07, 6.45) is -4.65. The number of para-hydroxylation sites is 1. The predicted octanol–water partition coefficient (Wildman–Crippen LogP) is 5.28. The lowest BCUT2D eigenvalue weighted by Crippen LogP contribution is -2.46. The predicted molar refractivity (Wildman–Crippen MR) is 104 cm³/mol. The molecule has 152 valence electrons. The van der Waals surface area contributed by atoms with Crippen molar-refractivity contribution in [3.63, 3.8) is 0 Å². The SMILES string of the molecule is CC1=C(C(=O)Nc2ccccc2C(F)(F)F)[C@H](c2ccc(Cl)cc2Cl)NC(=O)N1. The van der Waals surface area contributed by atoms with E-state index in [0.717, 1.165) is 12.1 Å². The first-order chi connectivity index (χ1) is 13.6. The number of benzene rings is 2. The zero-order chi connectivity index (χ0) is 21.3. The standard InChI is InChI=1S/C19H14Cl2F3N3O2/c1-9-15(17(28)26-14-5-3-2-4-12(14)19(22,23)24)16(27-18(29)25-9)11-7-6-10(20)8-13(11)21/h2-8,16H,1H3,(H,26,28)(H2,25,27,29)/t16-/m0/s1. The Hall–Kier alpha value is -2.71. The van der Waals surface area contributed by atoms with Crippen LogP contribution in [0.25, 0.3) is 0 Å². The third-order valence-electron chi connectivity index (χ3n) is 4.27. The normalized spacial score (nSPS) is 16.9. The summed E-state index contributed by atoms with van der Waals surface area (Å²) in [5.74, 6) is -0.817. The number of carbonyl (C=O) groups excluding carboxylic acids is 2. The Kier molecular flexibility index (Phi) is 5.77. The van der Waals surface area contributed by atoms with Crippen molar-refractivity contribution < 1.29 is 22.8 Å². The lowest BCUT2D eigenvalue weighted by atomic mass is 9.94. The molecule has 0 aromatic heterocycles. The molecule has 0 unspecified atom stereocenters. The van der Waals surface area contributed by atoms with Gasteiger partial charge in [-0.25, -0.2) is 4.79 Å². The fraction of sp³-hybridized carbons (Fsp3) is 0.158. The van der Waals surface area contributed by atoms with Crippen LogP contribution in [0.5, 0.6) is 0 Å². The number of anilines is 1. The molecule has 0 fully saturated rings. The number of rotatable bonds is 3. The van der Waals surface area contributed by atoms with Crippen molar-refractivity contribution in [3.8, 4) is 0 Å². The summed E-state index contributed by atoms with van der Waals surface area (Å²) < 4.78 is 39.7. The summed E-state index contributed by atoms with van der Waals surface area (Å²) in [4.78, 5) is 24.9. The fourth-order valence-corrected chi connectivity index (χ4v) is 3.51. The molecule has 1 heterocycles. The van der Waals surface area contributed by atoms with Crippen molar-refractivity contribution in [2.75, 3.05) is 5.32 Å². The molecule has 0 bridgehead atoms. The molecule has 1 aliphatic heterocycles. The summed E-state index contributed by atoms with van der Waals surface area (Å²) in [5.41, 5.74) is -0.805. The minimum absolute atomic E-state index is 0.0193. The number of hydrogen-bond acceptors (Lipinski definition) is 2. The molecule has 1 atom stereocenters. The quantitative estimate of drug-likeness (QED) is 0.603. The highest BCUT2D eigenvalue weighted by Crippen LogP contribution is 2.37. The molecule has 0 aliphatic carbocycles. The van der Waals surface area contributed by atoms with Gasteiger partial charge in [0.1, 0.15) is 0 Å². The number of halogens is 5. The third-order valence-corrected chi connectivity index (χ3v) is 4.83. The Labute approximate surface area is 173 Å². The van der Waals surface area contributed by atoms with Crippen LogP contribution in [0, 0.1) is 0 Å². The molecule has 1 aliphatic rings. The summed E-state index contributed by atoms with van der Waals surface area (Å²) in [6.45, 7) is 1.47. The van der Waals surface area contributed by atoms with Crippen molar-refractivity contribution in [2.45, 2.75) is 19.1 Å². The van der Waals surface area contributed by atoms with Crippen LogP contribution in [0.15, 0.2) is 53.7 Å². The van der Waals surface area contributed by atoms with E-state index in [1.54, 1.807) is 0 Å². The lowest BCUT2D eigenvalue weighted by Gasteiger charge is -2.29. The molecule has 0 spiro atoms. The van der Waals surface area contributed by atoms with Gasteiger partial charge >= 0.3 is 12.2 Å². The van der Waals surface area contributed by atoms with Crippen LogP contribution in [-0.2, 0) is 11.0 Å². The Bertz CT molecular complexity index is 1020. The molecule has 0 radical (unpaired) electrons. The number of allylic oxidation sites excluding steroid dienone is 1. The second-order valence-corrected chi connectivity index (χ2v) is 7.08. The topological polar surface area (TPSA) is 70.2 Å². The highest BCUT2D eigenvalue weighted by molar-refractivity contribution is 6.35. The number of carbonyl (C=O) groups is 2. The highest BCUT2D eigenvalue weighted by atomic mass is 35.5. The first-order valence-electron chi connectivity index (χ1n) is 8.28. The van der Waals surface area contributed by atoms with Gasteiger partial charge in [0.25, 0.3) is 5.91 Å². The number of hydrogen-bond donors (Lipinski definition) is 3. The second-order valence-electron chi connectivity index (χ2n) is 6.23. The average Bonchev–Trinajstić information content (AvgIpc) is 2.60. The lowest BCUT2D eigenvalue weighted by molar-refractivity contribution is -0.137. The van der Waals surface area contributed by atoms with Crippen LogP contribution in [0.4, 0.5) is 23.7 Å². The van der Waals surface area contributed by atoms with E-state index in [4.69, 9.17) is 23.2 Å². The number of nitrogens with one attached hydrogen (secondary N) is 3. The van der Waals surface area contributed by atoms with Crippen LogP contribution in [-0.4, -0.2) is 11.9 Å². The van der Waals surface area contributed by atoms with E-state index in [1.165, 1.54) is 37.3 Å². The largest absolute Gasteiger partial charge is 0.418 e. The van der Waals surface area contributed by atoms with E-state index < -0.39 is 35.4 Å². The van der Waals surface area contributed by atoms with E-state index in [0.29, 0.717) is 10.6 Å². The van der Waals surface area contributed by atoms with Crippen LogP contribution in [0.2, 0.25) is 10.0 Å².